The molecule has 1 aromatic carbocycles. The van der Waals surface area contributed by atoms with E-state index in [1.807, 2.05) is 24.4 Å². The van der Waals surface area contributed by atoms with E-state index in [2.05, 4.69) is 22.6 Å². The third kappa shape index (κ3) is 2.40. The van der Waals surface area contributed by atoms with Crippen LogP contribution < -0.4 is 5.32 Å². The lowest BCUT2D eigenvalue weighted by atomic mass is 10.1. The fourth-order valence-corrected chi connectivity index (χ4v) is 3.18. The summed E-state index contributed by atoms with van der Waals surface area (Å²) in [5.41, 5.74) is 3.22. The third-order valence-electron chi connectivity index (χ3n) is 4.44. The standard InChI is InChI=1S/C17H20N4O3/c1-2-3-4-5-12-11-21(20-19-12)13-6-7-15-14(10-13)17(16(22)18-15)23-8-9-24-17/h6-7,10-11H,2-5,8-9H2,1H3,(H,18,22). The average Bonchev–Trinajstić information content (AvgIpc) is 3.30. The molecule has 1 fully saturated rings. The predicted molar refractivity (Wildman–Crippen MR) is 86.8 cm³/mol. The summed E-state index contributed by atoms with van der Waals surface area (Å²) in [6.45, 7) is 2.99. The van der Waals surface area contributed by atoms with Crippen LogP contribution in [-0.2, 0) is 26.5 Å². The van der Waals surface area contributed by atoms with Crippen molar-refractivity contribution in [3.05, 3.63) is 35.7 Å². The van der Waals surface area contributed by atoms with Gasteiger partial charge >= 0.3 is 0 Å². The number of fused-ring (bicyclic) bond motifs is 2. The van der Waals surface area contributed by atoms with Crippen LogP contribution in [0.5, 0.6) is 0 Å². The van der Waals surface area contributed by atoms with Gasteiger partial charge < -0.3 is 14.8 Å². The van der Waals surface area contributed by atoms with Crippen LogP contribution in [0.15, 0.2) is 24.4 Å². The summed E-state index contributed by atoms with van der Waals surface area (Å²) in [4.78, 5) is 12.3. The van der Waals surface area contributed by atoms with E-state index >= 15 is 0 Å². The van der Waals surface area contributed by atoms with Crippen molar-refractivity contribution in [2.75, 3.05) is 18.5 Å². The number of hydrogen-bond acceptors (Lipinski definition) is 5. The number of hydrogen-bond donors (Lipinski definition) is 1. The number of aromatic nitrogens is 3. The van der Waals surface area contributed by atoms with Crippen LogP contribution in [0.2, 0.25) is 0 Å². The first-order valence-electron chi connectivity index (χ1n) is 8.38. The van der Waals surface area contributed by atoms with E-state index in [0.717, 1.165) is 24.2 Å². The highest BCUT2D eigenvalue weighted by Gasteiger charge is 2.52. The van der Waals surface area contributed by atoms with Crippen LogP contribution in [-0.4, -0.2) is 34.1 Å². The highest BCUT2D eigenvalue weighted by molar-refractivity contribution is 6.04. The summed E-state index contributed by atoms with van der Waals surface area (Å²) in [6, 6.07) is 5.63. The second-order valence-corrected chi connectivity index (χ2v) is 6.11. The molecule has 1 spiro atoms. The molecule has 24 heavy (non-hydrogen) atoms. The number of rotatable bonds is 5. The van der Waals surface area contributed by atoms with Crippen LogP contribution in [0.1, 0.15) is 37.4 Å². The van der Waals surface area contributed by atoms with E-state index in [4.69, 9.17) is 9.47 Å². The lowest BCUT2D eigenvalue weighted by Crippen LogP contribution is -2.35. The zero-order chi connectivity index (χ0) is 16.6. The Hall–Kier alpha value is -2.25. The topological polar surface area (TPSA) is 78.3 Å². The smallest absolute Gasteiger partial charge is 0.289 e. The van der Waals surface area contributed by atoms with E-state index in [1.165, 1.54) is 12.8 Å². The van der Waals surface area contributed by atoms with Crippen molar-refractivity contribution in [1.29, 1.82) is 0 Å². The molecule has 2 aliphatic heterocycles. The Morgan fingerprint density at radius 2 is 2.12 bits per heavy atom. The molecule has 0 unspecified atom stereocenters. The second kappa shape index (κ2) is 5.99. The highest BCUT2D eigenvalue weighted by atomic mass is 16.7. The first-order chi connectivity index (χ1) is 11.7. The summed E-state index contributed by atoms with van der Waals surface area (Å²) >= 11 is 0. The van der Waals surface area contributed by atoms with Crippen molar-refractivity contribution >= 4 is 11.6 Å². The maximum absolute atomic E-state index is 12.3. The molecular formula is C17H20N4O3. The normalized spacial score (nSPS) is 18.1. The number of nitrogens with one attached hydrogen (secondary N) is 1. The van der Waals surface area contributed by atoms with Gasteiger partial charge in [0.05, 0.1) is 36.5 Å². The third-order valence-corrected chi connectivity index (χ3v) is 4.44. The van der Waals surface area contributed by atoms with Crippen LogP contribution >= 0.6 is 0 Å². The van der Waals surface area contributed by atoms with Crippen molar-refractivity contribution < 1.29 is 14.3 Å². The zero-order valence-corrected chi connectivity index (χ0v) is 13.6. The van der Waals surface area contributed by atoms with Crippen molar-refractivity contribution in [2.45, 2.75) is 38.4 Å². The van der Waals surface area contributed by atoms with Crippen molar-refractivity contribution in [1.82, 2.24) is 15.0 Å². The minimum absolute atomic E-state index is 0.272. The molecule has 7 nitrogen and oxygen atoms in total. The molecule has 3 heterocycles. The molecule has 4 rings (SSSR count). The monoisotopic (exact) mass is 328 g/mol. The van der Waals surface area contributed by atoms with Gasteiger partial charge in [-0.2, -0.15) is 0 Å². The quantitative estimate of drug-likeness (QED) is 0.851. The van der Waals surface area contributed by atoms with Gasteiger partial charge in [0, 0.05) is 5.56 Å². The molecule has 1 N–H and O–H groups in total. The fraction of sp³-hybridized carbons (Fsp3) is 0.471. The van der Waals surface area contributed by atoms with Crippen LogP contribution in [0, 0.1) is 0 Å². The van der Waals surface area contributed by atoms with Crippen LogP contribution in [0.4, 0.5) is 5.69 Å². The fourth-order valence-electron chi connectivity index (χ4n) is 3.18. The first kappa shape index (κ1) is 15.3. The lowest BCUT2D eigenvalue weighted by Gasteiger charge is -2.19. The van der Waals surface area contributed by atoms with Gasteiger partial charge in [0.2, 0.25) is 0 Å². The number of carbonyl (C=O) groups is 1. The molecule has 1 aromatic heterocycles. The van der Waals surface area contributed by atoms with Crippen molar-refractivity contribution in [3.8, 4) is 5.69 Å². The number of nitrogens with zero attached hydrogens (tertiary/aromatic N) is 3. The van der Waals surface area contributed by atoms with E-state index < -0.39 is 5.79 Å². The van der Waals surface area contributed by atoms with Crippen molar-refractivity contribution in [2.24, 2.45) is 0 Å². The van der Waals surface area contributed by atoms with Gasteiger partial charge in [0.25, 0.3) is 11.7 Å². The van der Waals surface area contributed by atoms with Gasteiger partial charge in [-0.25, -0.2) is 4.68 Å². The Morgan fingerprint density at radius 1 is 1.29 bits per heavy atom. The molecule has 0 atom stereocenters. The highest BCUT2D eigenvalue weighted by Crippen LogP contribution is 2.42. The molecule has 0 saturated carbocycles. The van der Waals surface area contributed by atoms with Crippen molar-refractivity contribution in [3.63, 3.8) is 0 Å². The van der Waals surface area contributed by atoms with Gasteiger partial charge in [-0.15, -0.1) is 5.10 Å². The maximum atomic E-state index is 12.3. The number of benzene rings is 1. The van der Waals surface area contributed by atoms with E-state index in [1.54, 1.807) is 4.68 Å². The number of unbranched alkanes of at least 4 members (excludes halogenated alkanes) is 2. The number of amides is 1. The van der Waals surface area contributed by atoms with Gasteiger partial charge in [0.1, 0.15) is 0 Å². The number of carbonyl (C=O) groups excluding carboxylic acids is 1. The first-order valence-corrected chi connectivity index (χ1v) is 8.38. The molecule has 2 aromatic rings. The summed E-state index contributed by atoms with van der Waals surface area (Å²) in [5.74, 6) is -1.58. The lowest BCUT2D eigenvalue weighted by molar-refractivity contribution is -0.178. The minimum Gasteiger partial charge on any atom is -0.336 e. The van der Waals surface area contributed by atoms with E-state index in [0.29, 0.717) is 24.5 Å². The molecule has 7 heteroatoms. The average molecular weight is 328 g/mol. The number of ether oxygens (including phenoxy) is 2. The zero-order valence-electron chi connectivity index (χ0n) is 13.6. The van der Waals surface area contributed by atoms with Gasteiger partial charge in [-0.1, -0.05) is 25.0 Å². The molecule has 0 aliphatic carbocycles. The molecule has 1 saturated heterocycles. The predicted octanol–water partition coefficient (Wildman–Crippen LogP) is 2.15. The van der Waals surface area contributed by atoms with Gasteiger partial charge in [-0.3, -0.25) is 4.79 Å². The molecule has 0 radical (unpaired) electrons. The minimum atomic E-state index is -1.31. The molecule has 0 bridgehead atoms. The Morgan fingerprint density at radius 3 is 2.92 bits per heavy atom. The maximum Gasteiger partial charge on any atom is 0.289 e. The summed E-state index contributed by atoms with van der Waals surface area (Å²) in [5, 5.41) is 11.2. The molecular weight excluding hydrogens is 308 g/mol. The SMILES string of the molecule is CCCCCc1cn(-c2ccc3c(c2)C2(OCCO2)C(=O)N3)nn1. The molecule has 126 valence electrons. The Kier molecular flexibility index (Phi) is 3.82. The molecule has 2 aliphatic rings. The van der Waals surface area contributed by atoms with E-state index in [-0.39, 0.29) is 5.91 Å². The van der Waals surface area contributed by atoms with Crippen LogP contribution in [0.25, 0.3) is 5.69 Å². The summed E-state index contributed by atoms with van der Waals surface area (Å²) in [6.07, 6.45) is 6.35. The number of anilines is 1. The van der Waals surface area contributed by atoms with Gasteiger partial charge in [-0.05, 0) is 31.0 Å². The number of aryl methyl sites for hydroxylation is 1. The van der Waals surface area contributed by atoms with Gasteiger partial charge in [0.15, 0.2) is 0 Å². The summed E-state index contributed by atoms with van der Waals surface area (Å²) < 4.78 is 13.0. The molecule has 1 amide bonds. The Balaban J connectivity index is 1.62. The Labute approximate surface area is 139 Å². The Bertz CT molecular complexity index is 765. The largest absolute Gasteiger partial charge is 0.336 e. The van der Waals surface area contributed by atoms with E-state index in [9.17, 15) is 4.79 Å². The summed E-state index contributed by atoms with van der Waals surface area (Å²) in [7, 11) is 0. The second-order valence-electron chi connectivity index (χ2n) is 6.11. The van der Waals surface area contributed by atoms with Crippen LogP contribution in [0.3, 0.4) is 0 Å².